The van der Waals surface area contributed by atoms with Crippen LogP contribution in [0, 0.1) is 0 Å². The van der Waals surface area contributed by atoms with Gasteiger partial charge in [-0.1, -0.05) is 35.0 Å². The number of aromatic nitrogens is 2. The number of hydrogen-bond acceptors (Lipinski definition) is 5. The summed E-state index contributed by atoms with van der Waals surface area (Å²) in [5, 5.41) is 7.60. The van der Waals surface area contributed by atoms with E-state index in [4.69, 9.17) is 16.1 Å². The molecule has 0 atom stereocenters. The molecule has 1 aliphatic heterocycles. The SMILES string of the molecule is CCNC(=O)N1CCN(c2ccc(-c3noc(/C=C/c4ccccc4Cl)n3)cc2)CC1. The van der Waals surface area contributed by atoms with Gasteiger partial charge in [-0.05, 0) is 48.9 Å². The van der Waals surface area contributed by atoms with Crippen molar-refractivity contribution in [2.24, 2.45) is 0 Å². The van der Waals surface area contributed by atoms with Crippen molar-refractivity contribution in [1.82, 2.24) is 20.4 Å². The van der Waals surface area contributed by atoms with Gasteiger partial charge in [0.15, 0.2) is 0 Å². The Morgan fingerprint density at radius 3 is 2.55 bits per heavy atom. The summed E-state index contributed by atoms with van der Waals surface area (Å²) in [5.41, 5.74) is 2.88. The van der Waals surface area contributed by atoms with Gasteiger partial charge in [0.1, 0.15) is 0 Å². The molecule has 2 heterocycles. The molecule has 1 aliphatic rings. The van der Waals surface area contributed by atoms with Crippen LogP contribution in [-0.2, 0) is 0 Å². The molecule has 31 heavy (non-hydrogen) atoms. The summed E-state index contributed by atoms with van der Waals surface area (Å²) in [5.74, 6) is 0.951. The number of hydrogen-bond donors (Lipinski definition) is 1. The van der Waals surface area contributed by atoms with E-state index in [1.807, 2.05) is 66.4 Å². The minimum absolute atomic E-state index is 0.00833. The normalized spacial score (nSPS) is 14.3. The Morgan fingerprint density at radius 2 is 1.84 bits per heavy atom. The van der Waals surface area contributed by atoms with Gasteiger partial charge in [0, 0.05) is 55.1 Å². The molecule has 1 N–H and O–H groups in total. The zero-order chi connectivity index (χ0) is 21.6. The number of amides is 2. The van der Waals surface area contributed by atoms with Crippen molar-refractivity contribution in [3.8, 4) is 11.4 Å². The molecule has 0 saturated carbocycles. The summed E-state index contributed by atoms with van der Waals surface area (Å²) in [7, 11) is 0. The van der Waals surface area contributed by atoms with Gasteiger partial charge in [0.25, 0.3) is 5.89 Å². The van der Waals surface area contributed by atoms with Gasteiger partial charge in [-0.15, -0.1) is 0 Å². The summed E-state index contributed by atoms with van der Waals surface area (Å²) in [6, 6.07) is 15.6. The van der Waals surface area contributed by atoms with Crippen molar-refractivity contribution in [3.63, 3.8) is 0 Å². The third-order valence-electron chi connectivity index (χ3n) is 5.14. The molecule has 2 aromatic carbocycles. The highest BCUT2D eigenvalue weighted by molar-refractivity contribution is 6.32. The highest BCUT2D eigenvalue weighted by Gasteiger charge is 2.20. The van der Waals surface area contributed by atoms with E-state index in [1.54, 1.807) is 6.08 Å². The zero-order valence-corrected chi connectivity index (χ0v) is 18.0. The van der Waals surface area contributed by atoms with Crippen LogP contribution in [0.25, 0.3) is 23.5 Å². The molecular formula is C23H24ClN5O2. The maximum absolute atomic E-state index is 12.0. The second-order valence-electron chi connectivity index (χ2n) is 7.17. The number of carbonyl (C=O) groups excluding carboxylic acids is 1. The second kappa shape index (κ2) is 9.66. The summed E-state index contributed by atoms with van der Waals surface area (Å²) in [6.07, 6.45) is 3.60. The van der Waals surface area contributed by atoms with E-state index in [2.05, 4.69) is 20.4 Å². The highest BCUT2D eigenvalue weighted by atomic mass is 35.5. The molecule has 7 nitrogen and oxygen atoms in total. The van der Waals surface area contributed by atoms with Gasteiger partial charge < -0.3 is 19.6 Å². The second-order valence-corrected chi connectivity index (χ2v) is 7.57. The third-order valence-corrected chi connectivity index (χ3v) is 5.48. The Labute approximate surface area is 186 Å². The molecule has 3 aromatic rings. The molecule has 1 aromatic heterocycles. The van der Waals surface area contributed by atoms with E-state index in [1.165, 1.54) is 0 Å². The standard InChI is InChI=1S/C23H24ClN5O2/c1-2-25-23(30)29-15-13-28(14-16-29)19-10-7-18(8-11-19)22-26-21(31-27-22)12-9-17-5-3-4-6-20(17)24/h3-12H,2,13-16H2,1H3,(H,25,30)/b12-9+. The predicted octanol–water partition coefficient (Wildman–Crippen LogP) is 4.41. The fourth-order valence-corrected chi connectivity index (χ4v) is 3.64. The average molecular weight is 438 g/mol. The zero-order valence-electron chi connectivity index (χ0n) is 17.3. The summed E-state index contributed by atoms with van der Waals surface area (Å²) in [4.78, 5) is 20.5. The number of anilines is 1. The first-order valence-corrected chi connectivity index (χ1v) is 10.7. The minimum atomic E-state index is 0.00833. The summed E-state index contributed by atoms with van der Waals surface area (Å²) in [6.45, 7) is 5.59. The Morgan fingerprint density at radius 1 is 1.10 bits per heavy atom. The van der Waals surface area contributed by atoms with Gasteiger partial charge >= 0.3 is 6.03 Å². The molecule has 0 radical (unpaired) electrons. The lowest BCUT2D eigenvalue weighted by atomic mass is 10.1. The Balaban J connectivity index is 1.38. The van der Waals surface area contributed by atoms with Crippen molar-refractivity contribution >= 4 is 35.5 Å². The van der Waals surface area contributed by atoms with Gasteiger partial charge in [0.05, 0.1) is 0 Å². The van der Waals surface area contributed by atoms with Crippen LogP contribution in [0.5, 0.6) is 0 Å². The monoisotopic (exact) mass is 437 g/mol. The molecule has 1 fully saturated rings. The lowest BCUT2D eigenvalue weighted by Crippen LogP contribution is -2.51. The predicted molar refractivity (Wildman–Crippen MR) is 123 cm³/mol. The van der Waals surface area contributed by atoms with E-state index >= 15 is 0 Å². The van der Waals surface area contributed by atoms with Crippen molar-refractivity contribution in [2.75, 3.05) is 37.6 Å². The van der Waals surface area contributed by atoms with Gasteiger partial charge in [-0.25, -0.2) is 4.79 Å². The molecule has 4 rings (SSSR count). The molecule has 0 aliphatic carbocycles. The van der Waals surface area contributed by atoms with E-state index in [-0.39, 0.29) is 6.03 Å². The largest absolute Gasteiger partial charge is 0.368 e. The Bertz CT molecular complexity index is 1060. The van der Waals surface area contributed by atoms with Crippen LogP contribution < -0.4 is 10.2 Å². The molecule has 2 amide bonds. The van der Waals surface area contributed by atoms with E-state index in [0.29, 0.717) is 36.4 Å². The van der Waals surface area contributed by atoms with Crippen LogP contribution in [0.1, 0.15) is 18.4 Å². The molecule has 0 spiro atoms. The number of piperazine rings is 1. The van der Waals surface area contributed by atoms with Crippen LogP contribution in [0.2, 0.25) is 5.02 Å². The first-order chi connectivity index (χ1) is 15.1. The fourth-order valence-electron chi connectivity index (χ4n) is 3.44. The molecule has 1 saturated heterocycles. The van der Waals surface area contributed by atoms with Crippen molar-refractivity contribution < 1.29 is 9.32 Å². The maximum Gasteiger partial charge on any atom is 0.317 e. The van der Waals surface area contributed by atoms with Crippen LogP contribution in [0.4, 0.5) is 10.5 Å². The number of carbonyl (C=O) groups is 1. The molecular weight excluding hydrogens is 414 g/mol. The van der Waals surface area contributed by atoms with Gasteiger partial charge in [-0.2, -0.15) is 4.98 Å². The fraction of sp³-hybridized carbons (Fsp3) is 0.261. The molecule has 160 valence electrons. The van der Waals surface area contributed by atoms with Crippen LogP contribution >= 0.6 is 11.6 Å². The van der Waals surface area contributed by atoms with E-state index in [9.17, 15) is 4.79 Å². The van der Waals surface area contributed by atoms with E-state index < -0.39 is 0 Å². The molecule has 0 bridgehead atoms. The van der Waals surface area contributed by atoms with Crippen molar-refractivity contribution in [3.05, 3.63) is 65.0 Å². The summed E-state index contributed by atoms with van der Waals surface area (Å²) >= 11 is 6.16. The lowest BCUT2D eigenvalue weighted by molar-refractivity contribution is 0.195. The van der Waals surface area contributed by atoms with Gasteiger partial charge in [-0.3, -0.25) is 0 Å². The quantitative estimate of drug-likeness (QED) is 0.639. The molecule has 0 unspecified atom stereocenters. The maximum atomic E-state index is 12.0. The third kappa shape index (κ3) is 5.06. The minimum Gasteiger partial charge on any atom is -0.368 e. The Kier molecular flexibility index (Phi) is 6.52. The van der Waals surface area contributed by atoms with Crippen LogP contribution in [0.15, 0.2) is 53.1 Å². The highest BCUT2D eigenvalue weighted by Crippen LogP contribution is 2.23. The van der Waals surface area contributed by atoms with Crippen molar-refractivity contribution in [1.29, 1.82) is 0 Å². The number of nitrogens with one attached hydrogen (secondary N) is 1. The Hall–Kier alpha value is -3.32. The smallest absolute Gasteiger partial charge is 0.317 e. The lowest BCUT2D eigenvalue weighted by Gasteiger charge is -2.36. The van der Waals surface area contributed by atoms with Crippen LogP contribution in [-0.4, -0.2) is 53.8 Å². The van der Waals surface area contributed by atoms with Crippen molar-refractivity contribution in [2.45, 2.75) is 6.92 Å². The summed E-state index contributed by atoms with van der Waals surface area (Å²) < 4.78 is 5.34. The molecule has 8 heteroatoms. The first kappa shape index (κ1) is 20.9. The average Bonchev–Trinajstić information content (AvgIpc) is 3.28. The van der Waals surface area contributed by atoms with Crippen LogP contribution in [0.3, 0.4) is 0 Å². The number of nitrogens with zero attached hydrogens (tertiary/aromatic N) is 4. The number of benzene rings is 2. The topological polar surface area (TPSA) is 74.5 Å². The number of halogens is 1. The number of rotatable bonds is 5. The number of urea groups is 1. The first-order valence-electron chi connectivity index (χ1n) is 10.3. The van der Waals surface area contributed by atoms with Gasteiger partial charge in [0.2, 0.25) is 5.82 Å². The van der Waals surface area contributed by atoms with E-state index in [0.717, 1.165) is 29.9 Å².